The number of hydrogen-bond donors (Lipinski definition) is 2. The summed E-state index contributed by atoms with van der Waals surface area (Å²) in [5, 5.41) is 3.28. The zero-order chi connectivity index (χ0) is 12.1. The number of nitrogens with one attached hydrogen (secondary N) is 1. The molecule has 0 aliphatic heterocycles. The third-order valence-electron chi connectivity index (χ3n) is 2.23. The van der Waals surface area contributed by atoms with Gasteiger partial charge in [-0.05, 0) is 30.2 Å². The van der Waals surface area contributed by atoms with Gasteiger partial charge in [0.25, 0.3) is 0 Å². The van der Waals surface area contributed by atoms with Gasteiger partial charge in [-0.3, -0.25) is 4.79 Å². The minimum Gasteiger partial charge on any atom is -0.495 e. The monoisotopic (exact) mass is 259 g/mol. The second-order valence-electron chi connectivity index (χ2n) is 3.35. The molecule has 0 heterocycles. The van der Waals surface area contributed by atoms with E-state index in [4.69, 9.17) is 16.3 Å². The number of aryl methyl sites for hydroxylation is 1. The molecule has 0 aliphatic rings. The van der Waals surface area contributed by atoms with Crippen molar-refractivity contribution >= 4 is 30.1 Å². The van der Waals surface area contributed by atoms with Crippen LogP contribution in [0.2, 0.25) is 5.02 Å². The summed E-state index contributed by atoms with van der Waals surface area (Å²) in [6, 6.07) is 3.65. The molecular weight excluding hydrogens is 246 g/mol. The van der Waals surface area contributed by atoms with E-state index in [1.54, 1.807) is 13.2 Å². The van der Waals surface area contributed by atoms with Crippen LogP contribution in [0.15, 0.2) is 12.1 Å². The average molecular weight is 260 g/mol. The predicted molar refractivity (Wildman–Crippen MR) is 68.4 cm³/mol. The number of carbonyl (C=O) groups excluding carboxylic acids is 1. The molecular formula is C11H14ClNO2S. The summed E-state index contributed by atoms with van der Waals surface area (Å²) in [5.41, 5.74) is 2.00. The van der Waals surface area contributed by atoms with Crippen LogP contribution in [0.4, 0.5) is 0 Å². The van der Waals surface area contributed by atoms with Gasteiger partial charge in [0, 0.05) is 6.54 Å². The Labute approximate surface area is 106 Å². The van der Waals surface area contributed by atoms with Crippen LogP contribution in [-0.4, -0.2) is 18.8 Å². The summed E-state index contributed by atoms with van der Waals surface area (Å²) in [6.07, 6.45) is 0. The fraction of sp³-hybridized carbons (Fsp3) is 0.364. The Morgan fingerprint density at radius 3 is 2.81 bits per heavy atom. The SMILES string of the molecule is COc1cc(C)c(CNC(=O)CS)cc1Cl. The third kappa shape index (κ3) is 3.32. The lowest BCUT2D eigenvalue weighted by molar-refractivity contribution is -0.118. The van der Waals surface area contributed by atoms with E-state index >= 15 is 0 Å². The van der Waals surface area contributed by atoms with Crippen molar-refractivity contribution in [3.05, 3.63) is 28.3 Å². The Morgan fingerprint density at radius 2 is 2.25 bits per heavy atom. The van der Waals surface area contributed by atoms with Crippen molar-refractivity contribution in [1.82, 2.24) is 5.32 Å². The van der Waals surface area contributed by atoms with E-state index in [2.05, 4.69) is 17.9 Å². The molecule has 0 radical (unpaired) electrons. The highest BCUT2D eigenvalue weighted by atomic mass is 35.5. The first kappa shape index (κ1) is 13.2. The van der Waals surface area contributed by atoms with Gasteiger partial charge in [0.05, 0.1) is 17.9 Å². The van der Waals surface area contributed by atoms with Gasteiger partial charge in [-0.25, -0.2) is 0 Å². The average Bonchev–Trinajstić information content (AvgIpc) is 2.29. The highest BCUT2D eigenvalue weighted by molar-refractivity contribution is 7.81. The van der Waals surface area contributed by atoms with Crippen LogP contribution in [0.5, 0.6) is 5.75 Å². The third-order valence-corrected chi connectivity index (χ3v) is 2.81. The van der Waals surface area contributed by atoms with E-state index < -0.39 is 0 Å². The first-order chi connectivity index (χ1) is 7.58. The first-order valence-electron chi connectivity index (χ1n) is 4.79. The molecule has 0 bridgehead atoms. The molecule has 0 saturated carbocycles. The number of ether oxygens (including phenoxy) is 1. The number of benzene rings is 1. The van der Waals surface area contributed by atoms with Crippen LogP contribution in [0.1, 0.15) is 11.1 Å². The molecule has 1 rings (SSSR count). The molecule has 3 nitrogen and oxygen atoms in total. The maximum Gasteiger partial charge on any atom is 0.229 e. The number of halogens is 1. The first-order valence-corrected chi connectivity index (χ1v) is 5.80. The van der Waals surface area contributed by atoms with Crippen molar-refractivity contribution in [1.29, 1.82) is 0 Å². The van der Waals surface area contributed by atoms with Gasteiger partial charge in [0.2, 0.25) is 5.91 Å². The topological polar surface area (TPSA) is 38.3 Å². The van der Waals surface area contributed by atoms with Gasteiger partial charge in [-0.2, -0.15) is 12.6 Å². The molecule has 1 aromatic rings. The zero-order valence-electron chi connectivity index (χ0n) is 9.21. The Balaban J connectivity index is 2.81. The Kier molecular flexibility index (Phi) is 4.96. The molecule has 0 unspecified atom stereocenters. The normalized spacial score (nSPS) is 10.0. The number of amides is 1. The van der Waals surface area contributed by atoms with Gasteiger partial charge >= 0.3 is 0 Å². The molecule has 0 fully saturated rings. The quantitative estimate of drug-likeness (QED) is 0.814. The van der Waals surface area contributed by atoms with E-state index in [0.717, 1.165) is 11.1 Å². The van der Waals surface area contributed by atoms with E-state index in [1.165, 1.54) is 0 Å². The lowest BCUT2D eigenvalue weighted by Gasteiger charge is -2.10. The largest absolute Gasteiger partial charge is 0.495 e. The molecule has 1 aromatic carbocycles. The van der Waals surface area contributed by atoms with Gasteiger partial charge < -0.3 is 10.1 Å². The number of rotatable bonds is 4. The minimum absolute atomic E-state index is 0.102. The Morgan fingerprint density at radius 1 is 1.56 bits per heavy atom. The summed E-state index contributed by atoms with van der Waals surface area (Å²) in [4.78, 5) is 11.1. The maximum atomic E-state index is 11.1. The standard InChI is InChI=1S/C11H14ClNO2S/c1-7-3-10(15-2)9(12)4-8(7)5-13-11(14)6-16/h3-4,16H,5-6H2,1-2H3,(H,13,14). The van der Waals surface area contributed by atoms with Crippen molar-refractivity contribution in [3.63, 3.8) is 0 Å². The molecule has 1 N–H and O–H groups in total. The fourth-order valence-electron chi connectivity index (χ4n) is 1.29. The fourth-order valence-corrected chi connectivity index (χ4v) is 1.67. The highest BCUT2D eigenvalue weighted by Crippen LogP contribution is 2.27. The van der Waals surface area contributed by atoms with E-state index in [1.807, 2.05) is 13.0 Å². The molecule has 88 valence electrons. The molecule has 0 aliphatic carbocycles. The molecule has 0 saturated heterocycles. The molecule has 0 spiro atoms. The lowest BCUT2D eigenvalue weighted by atomic mass is 10.1. The van der Waals surface area contributed by atoms with Crippen LogP contribution in [-0.2, 0) is 11.3 Å². The number of methoxy groups -OCH3 is 1. The van der Waals surface area contributed by atoms with Crippen LogP contribution < -0.4 is 10.1 Å². The summed E-state index contributed by atoms with van der Waals surface area (Å²) >= 11 is 9.88. The lowest BCUT2D eigenvalue weighted by Crippen LogP contribution is -2.24. The van der Waals surface area contributed by atoms with Crippen LogP contribution in [0.25, 0.3) is 0 Å². The number of thiol groups is 1. The van der Waals surface area contributed by atoms with Crippen LogP contribution in [0, 0.1) is 6.92 Å². The Bertz CT molecular complexity index is 396. The summed E-state index contributed by atoms with van der Waals surface area (Å²) in [6.45, 7) is 2.40. The summed E-state index contributed by atoms with van der Waals surface area (Å²) in [7, 11) is 1.57. The van der Waals surface area contributed by atoms with Gasteiger partial charge in [-0.1, -0.05) is 11.6 Å². The maximum absolute atomic E-state index is 11.1. The van der Waals surface area contributed by atoms with Crippen molar-refractivity contribution in [2.45, 2.75) is 13.5 Å². The molecule has 0 aromatic heterocycles. The molecule has 16 heavy (non-hydrogen) atoms. The van der Waals surface area contributed by atoms with Gasteiger partial charge in [0.15, 0.2) is 0 Å². The summed E-state index contributed by atoms with van der Waals surface area (Å²) in [5.74, 6) is 0.723. The number of carbonyl (C=O) groups is 1. The van der Waals surface area contributed by atoms with Crippen LogP contribution in [0.3, 0.4) is 0 Å². The smallest absolute Gasteiger partial charge is 0.229 e. The van der Waals surface area contributed by atoms with Crippen molar-refractivity contribution in [2.24, 2.45) is 0 Å². The molecule has 5 heteroatoms. The summed E-state index contributed by atoms with van der Waals surface area (Å²) < 4.78 is 5.10. The Hall–Kier alpha value is -0.870. The molecule has 1 amide bonds. The van der Waals surface area contributed by atoms with Gasteiger partial charge in [0.1, 0.15) is 5.75 Å². The predicted octanol–water partition coefficient (Wildman–Crippen LogP) is 2.20. The molecule has 0 atom stereocenters. The van der Waals surface area contributed by atoms with Crippen molar-refractivity contribution in [2.75, 3.05) is 12.9 Å². The minimum atomic E-state index is -0.102. The van der Waals surface area contributed by atoms with E-state index in [0.29, 0.717) is 17.3 Å². The van der Waals surface area contributed by atoms with E-state index in [9.17, 15) is 4.79 Å². The van der Waals surface area contributed by atoms with Crippen molar-refractivity contribution < 1.29 is 9.53 Å². The number of hydrogen-bond acceptors (Lipinski definition) is 3. The zero-order valence-corrected chi connectivity index (χ0v) is 10.9. The van der Waals surface area contributed by atoms with Crippen molar-refractivity contribution in [3.8, 4) is 5.75 Å². The van der Waals surface area contributed by atoms with Crippen LogP contribution >= 0.6 is 24.2 Å². The van der Waals surface area contributed by atoms with E-state index in [-0.39, 0.29) is 11.7 Å². The highest BCUT2D eigenvalue weighted by Gasteiger charge is 2.07. The second kappa shape index (κ2) is 6.01. The van der Waals surface area contributed by atoms with Gasteiger partial charge in [-0.15, -0.1) is 0 Å². The second-order valence-corrected chi connectivity index (χ2v) is 4.07.